The summed E-state index contributed by atoms with van der Waals surface area (Å²) in [4.78, 5) is 27.4. The van der Waals surface area contributed by atoms with Gasteiger partial charge in [0.15, 0.2) is 5.78 Å². The number of halogens is 2. The maximum Gasteiger partial charge on any atom is 0.248 e. The third kappa shape index (κ3) is 4.15. The second-order valence-electron chi connectivity index (χ2n) is 8.48. The molecule has 1 fully saturated rings. The lowest BCUT2D eigenvalue weighted by Gasteiger charge is -2.46. The Hall–Kier alpha value is -3.33. The van der Waals surface area contributed by atoms with Gasteiger partial charge in [0.2, 0.25) is 5.91 Å². The summed E-state index contributed by atoms with van der Waals surface area (Å²) >= 11 is 12.4. The van der Waals surface area contributed by atoms with Gasteiger partial charge >= 0.3 is 0 Å². The zero-order valence-electron chi connectivity index (χ0n) is 18.7. The van der Waals surface area contributed by atoms with Crippen LogP contribution in [0.25, 0.3) is 0 Å². The summed E-state index contributed by atoms with van der Waals surface area (Å²) in [5.41, 5.74) is 1.26. The Bertz CT molecular complexity index is 1450. The predicted octanol–water partition coefficient (Wildman–Crippen LogP) is 6.66. The van der Waals surface area contributed by atoms with E-state index in [0.29, 0.717) is 33.1 Å². The van der Waals surface area contributed by atoms with Crippen LogP contribution in [-0.2, 0) is 15.1 Å². The van der Waals surface area contributed by atoms with E-state index in [2.05, 4.69) is 18.1 Å². The molecule has 1 saturated heterocycles. The molecule has 0 aliphatic carbocycles. The fraction of sp³-hybridized carbons (Fsp3) is 0.111. The van der Waals surface area contributed by atoms with Crippen LogP contribution in [0, 0.1) is 5.82 Å². The van der Waals surface area contributed by atoms with Crippen LogP contribution < -0.4 is 5.32 Å². The van der Waals surface area contributed by atoms with E-state index in [4.69, 9.17) is 11.6 Å². The van der Waals surface area contributed by atoms with Gasteiger partial charge in [-0.1, -0.05) is 42.6 Å². The van der Waals surface area contributed by atoms with Gasteiger partial charge in [-0.25, -0.2) is 4.39 Å². The highest BCUT2D eigenvalue weighted by molar-refractivity contribution is 7.78. The van der Waals surface area contributed by atoms with Crippen molar-refractivity contribution in [2.75, 3.05) is 5.32 Å². The Morgan fingerprint density at radius 2 is 1.78 bits per heavy atom. The highest BCUT2D eigenvalue weighted by Gasteiger charge is 2.54. The van der Waals surface area contributed by atoms with Crippen molar-refractivity contribution in [2.45, 2.75) is 17.9 Å². The maximum atomic E-state index is 13.7. The Balaban J connectivity index is 1.62. The first-order valence-corrected chi connectivity index (χ1v) is 12.7. The number of nitrogens with zero attached hydrogens (tertiary/aromatic N) is 1. The summed E-state index contributed by atoms with van der Waals surface area (Å²) in [7, 11) is 0. The summed E-state index contributed by atoms with van der Waals surface area (Å²) in [5, 5.41) is 18.2. The number of thiophene rings is 1. The fourth-order valence-corrected chi connectivity index (χ4v) is 6.00. The molecular formula is C27H20ClFN2O3S2. The molecule has 0 bridgehead atoms. The number of thiol groups is 1. The second kappa shape index (κ2) is 9.61. The topological polar surface area (TPSA) is 69.6 Å². The SMILES string of the molecule is O=C1CC(c2ccsc2)(c2cc(Nc3ccc(F)cc3)ccc2O)N(S)C(=O)C1c1ccccc1Cl. The van der Waals surface area contributed by atoms with Gasteiger partial charge < -0.3 is 10.4 Å². The summed E-state index contributed by atoms with van der Waals surface area (Å²) in [5.74, 6) is -2.43. The van der Waals surface area contributed by atoms with Crippen LogP contribution >= 0.6 is 35.8 Å². The van der Waals surface area contributed by atoms with Crippen molar-refractivity contribution in [3.63, 3.8) is 0 Å². The Kier molecular flexibility index (Phi) is 6.51. The van der Waals surface area contributed by atoms with Crippen molar-refractivity contribution in [1.29, 1.82) is 0 Å². The number of anilines is 2. The van der Waals surface area contributed by atoms with Crippen molar-refractivity contribution in [3.8, 4) is 5.75 Å². The van der Waals surface area contributed by atoms with Gasteiger partial charge in [-0.15, -0.1) is 0 Å². The van der Waals surface area contributed by atoms with Crippen molar-refractivity contribution in [2.24, 2.45) is 0 Å². The van der Waals surface area contributed by atoms with E-state index in [1.165, 1.54) is 33.8 Å². The Morgan fingerprint density at radius 1 is 1.06 bits per heavy atom. The highest BCUT2D eigenvalue weighted by Crippen LogP contribution is 2.51. The van der Waals surface area contributed by atoms with Gasteiger partial charge in [0.05, 0.1) is 0 Å². The summed E-state index contributed by atoms with van der Waals surface area (Å²) in [6.45, 7) is 0. The molecule has 36 heavy (non-hydrogen) atoms. The van der Waals surface area contributed by atoms with Crippen molar-refractivity contribution < 1.29 is 19.1 Å². The first-order valence-electron chi connectivity index (χ1n) is 11.0. The van der Waals surface area contributed by atoms with E-state index >= 15 is 0 Å². The summed E-state index contributed by atoms with van der Waals surface area (Å²) in [6, 6.07) is 19.2. The third-order valence-electron chi connectivity index (χ3n) is 6.36. The van der Waals surface area contributed by atoms with Crippen LogP contribution in [0.4, 0.5) is 15.8 Å². The number of phenols is 1. The number of piperidine rings is 1. The van der Waals surface area contributed by atoms with Crippen molar-refractivity contribution >= 4 is 58.8 Å². The minimum atomic E-state index is -1.36. The minimum absolute atomic E-state index is 0.0956. The maximum absolute atomic E-state index is 13.7. The molecule has 5 nitrogen and oxygen atoms in total. The molecule has 2 N–H and O–H groups in total. The van der Waals surface area contributed by atoms with Crippen LogP contribution in [0.3, 0.4) is 0 Å². The predicted molar refractivity (Wildman–Crippen MR) is 143 cm³/mol. The number of hydrogen-bond donors (Lipinski definition) is 3. The van der Waals surface area contributed by atoms with E-state index in [-0.39, 0.29) is 23.8 Å². The number of ketones is 1. The zero-order valence-corrected chi connectivity index (χ0v) is 21.2. The van der Waals surface area contributed by atoms with Crippen molar-refractivity contribution in [3.05, 3.63) is 111 Å². The number of carbonyl (C=O) groups excluding carboxylic acids is 2. The molecule has 1 aliphatic heterocycles. The summed E-state index contributed by atoms with van der Waals surface area (Å²) < 4.78 is 14.6. The minimum Gasteiger partial charge on any atom is -0.508 e. The van der Waals surface area contributed by atoms with Gasteiger partial charge in [0, 0.05) is 28.4 Å². The second-order valence-corrected chi connectivity index (χ2v) is 10.1. The molecule has 3 aromatic carbocycles. The number of benzene rings is 3. The zero-order chi connectivity index (χ0) is 25.4. The third-order valence-corrected chi connectivity index (χ3v) is 7.93. The molecule has 0 saturated carbocycles. The average molecular weight is 539 g/mol. The fourth-order valence-electron chi connectivity index (χ4n) is 4.63. The summed E-state index contributed by atoms with van der Waals surface area (Å²) in [6.07, 6.45) is -0.123. The molecule has 4 aromatic rings. The van der Waals surface area contributed by atoms with Crippen LogP contribution in [0.15, 0.2) is 83.6 Å². The van der Waals surface area contributed by atoms with Crippen LogP contribution in [0.2, 0.25) is 5.02 Å². The Morgan fingerprint density at radius 3 is 2.47 bits per heavy atom. The van der Waals surface area contributed by atoms with Crippen LogP contribution in [-0.4, -0.2) is 21.1 Å². The number of aromatic hydroxyl groups is 1. The first kappa shape index (κ1) is 24.4. The van der Waals surface area contributed by atoms with Gasteiger partial charge in [-0.2, -0.15) is 11.3 Å². The largest absolute Gasteiger partial charge is 0.508 e. The molecule has 2 heterocycles. The molecule has 1 amide bonds. The van der Waals surface area contributed by atoms with Gasteiger partial charge in [-0.3, -0.25) is 13.9 Å². The number of amides is 1. The first-order chi connectivity index (χ1) is 17.3. The standard InChI is InChI=1S/C27H20ClFN2O3S2/c28-22-4-2-1-3-20(22)25-24(33)14-27(31(35)26(25)34,16-11-12-36-15-16)21-13-19(9-10-23(21)32)30-18-7-5-17(29)6-8-18/h1-13,15,25,30,32,35H,14H2. The van der Waals surface area contributed by atoms with E-state index in [1.54, 1.807) is 48.5 Å². The van der Waals surface area contributed by atoms with Crippen molar-refractivity contribution in [1.82, 2.24) is 4.31 Å². The number of phenolic OH excluding ortho intramolecular Hbond substituents is 1. The van der Waals surface area contributed by atoms with E-state index in [0.717, 1.165) is 0 Å². The Labute approximate surface area is 221 Å². The lowest BCUT2D eigenvalue weighted by Crippen LogP contribution is -2.54. The quantitative estimate of drug-likeness (QED) is 0.151. The number of carbonyl (C=O) groups is 2. The number of Topliss-reactive ketones (excluding diaryl/α,β-unsaturated/α-hetero) is 1. The molecule has 1 aromatic heterocycles. The van der Waals surface area contributed by atoms with Crippen LogP contribution in [0.5, 0.6) is 5.75 Å². The number of hydrogen-bond acceptors (Lipinski definition) is 6. The van der Waals surface area contributed by atoms with Gasteiger partial charge in [-0.05, 0) is 76.5 Å². The molecule has 5 rings (SSSR count). The molecule has 9 heteroatoms. The normalized spacial score (nSPS) is 20.0. The van der Waals surface area contributed by atoms with E-state index < -0.39 is 17.4 Å². The van der Waals surface area contributed by atoms with E-state index in [9.17, 15) is 19.1 Å². The van der Waals surface area contributed by atoms with Crippen LogP contribution in [0.1, 0.15) is 29.0 Å². The molecular weight excluding hydrogens is 519 g/mol. The highest BCUT2D eigenvalue weighted by atomic mass is 35.5. The smallest absolute Gasteiger partial charge is 0.248 e. The van der Waals surface area contributed by atoms with Gasteiger partial charge in [0.1, 0.15) is 23.0 Å². The molecule has 182 valence electrons. The molecule has 2 atom stereocenters. The molecule has 1 aliphatic rings. The molecule has 0 radical (unpaired) electrons. The lowest BCUT2D eigenvalue weighted by atomic mass is 9.72. The number of nitrogens with one attached hydrogen (secondary N) is 1. The molecule has 2 unspecified atom stereocenters. The lowest BCUT2D eigenvalue weighted by molar-refractivity contribution is -0.142. The number of rotatable bonds is 5. The van der Waals surface area contributed by atoms with E-state index in [1.807, 2.05) is 16.8 Å². The monoisotopic (exact) mass is 538 g/mol. The molecule has 0 spiro atoms. The average Bonchev–Trinajstić information content (AvgIpc) is 3.41. The van der Waals surface area contributed by atoms with Gasteiger partial charge in [0.25, 0.3) is 0 Å².